The SMILES string of the molecule is C[C@H]1C(=O)NCCN1C(=O)c1ccc(Cl)s1. The van der Waals surface area contributed by atoms with Crippen molar-refractivity contribution >= 4 is 34.8 Å². The van der Waals surface area contributed by atoms with Crippen molar-refractivity contribution in [3.63, 3.8) is 0 Å². The maximum absolute atomic E-state index is 12.1. The molecule has 0 aromatic carbocycles. The number of rotatable bonds is 1. The Labute approximate surface area is 102 Å². The number of halogens is 1. The third kappa shape index (κ3) is 2.05. The summed E-state index contributed by atoms with van der Waals surface area (Å²) in [6, 6.07) is 2.96. The van der Waals surface area contributed by atoms with Crippen LogP contribution >= 0.6 is 22.9 Å². The summed E-state index contributed by atoms with van der Waals surface area (Å²) >= 11 is 7.01. The van der Waals surface area contributed by atoms with Gasteiger partial charge in [-0.15, -0.1) is 11.3 Å². The highest BCUT2D eigenvalue weighted by molar-refractivity contribution is 7.17. The van der Waals surface area contributed by atoms with E-state index in [0.29, 0.717) is 22.3 Å². The molecule has 1 fully saturated rings. The molecule has 0 spiro atoms. The van der Waals surface area contributed by atoms with Crippen molar-refractivity contribution in [2.75, 3.05) is 13.1 Å². The third-order valence-corrected chi connectivity index (χ3v) is 3.76. The quantitative estimate of drug-likeness (QED) is 0.827. The molecule has 6 heteroatoms. The highest BCUT2D eigenvalue weighted by atomic mass is 35.5. The largest absolute Gasteiger partial charge is 0.353 e. The first-order valence-electron chi connectivity index (χ1n) is 4.93. The number of thiophene rings is 1. The van der Waals surface area contributed by atoms with Crippen LogP contribution in [-0.4, -0.2) is 35.8 Å². The minimum Gasteiger partial charge on any atom is -0.353 e. The number of nitrogens with zero attached hydrogens (tertiary/aromatic N) is 1. The standard InChI is InChI=1S/C10H11ClN2O2S/c1-6-9(14)12-4-5-13(6)10(15)7-2-3-8(11)16-7/h2-3,6H,4-5H2,1H3,(H,12,14)/t6-/m0/s1. The summed E-state index contributed by atoms with van der Waals surface area (Å²) in [7, 11) is 0. The molecule has 0 radical (unpaired) electrons. The van der Waals surface area contributed by atoms with Gasteiger partial charge in [0.1, 0.15) is 6.04 Å². The first kappa shape index (κ1) is 11.4. The average Bonchev–Trinajstić information content (AvgIpc) is 2.68. The Morgan fingerprint density at radius 1 is 1.62 bits per heavy atom. The van der Waals surface area contributed by atoms with E-state index in [2.05, 4.69) is 5.32 Å². The molecular formula is C10H11ClN2O2S. The predicted molar refractivity (Wildman–Crippen MR) is 62.8 cm³/mol. The Morgan fingerprint density at radius 3 is 3.00 bits per heavy atom. The van der Waals surface area contributed by atoms with Gasteiger partial charge in [0.25, 0.3) is 5.91 Å². The molecule has 2 heterocycles. The zero-order valence-corrected chi connectivity index (χ0v) is 10.3. The van der Waals surface area contributed by atoms with Crippen LogP contribution < -0.4 is 5.32 Å². The van der Waals surface area contributed by atoms with E-state index < -0.39 is 6.04 Å². The Kier molecular flexibility index (Phi) is 3.16. The summed E-state index contributed by atoms with van der Waals surface area (Å²) in [6.45, 7) is 2.77. The van der Waals surface area contributed by atoms with Crippen LogP contribution in [0.2, 0.25) is 4.34 Å². The minimum absolute atomic E-state index is 0.109. The fourth-order valence-electron chi connectivity index (χ4n) is 1.63. The van der Waals surface area contributed by atoms with Crippen molar-refractivity contribution in [3.05, 3.63) is 21.3 Å². The number of amides is 2. The lowest BCUT2D eigenvalue weighted by atomic mass is 10.2. The van der Waals surface area contributed by atoms with Gasteiger partial charge in [-0.1, -0.05) is 11.6 Å². The molecule has 1 aromatic heterocycles. The Balaban J connectivity index is 2.18. The van der Waals surface area contributed by atoms with Crippen molar-refractivity contribution in [2.45, 2.75) is 13.0 Å². The second-order valence-electron chi connectivity index (χ2n) is 3.57. The molecule has 0 unspecified atom stereocenters. The van der Waals surface area contributed by atoms with Crippen LogP contribution in [0, 0.1) is 0 Å². The van der Waals surface area contributed by atoms with Crippen molar-refractivity contribution in [3.8, 4) is 0 Å². The smallest absolute Gasteiger partial charge is 0.264 e. The van der Waals surface area contributed by atoms with Gasteiger partial charge < -0.3 is 10.2 Å². The van der Waals surface area contributed by atoms with E-state index in [4.69, 9.17) is 11.6 Å². The summed E-state index contributed by atoms with van der Waals surface area (Å²) in [4.78, 5) is 25.6. The Hall–Kier alpha value is -1.07. The number of carbonyl (C=O) groups excluding carboxylic acids is 2. The molecule has 1 aromatic rings. The van der Waals surface area contributed by atoms with Gasteiger partial charge in [-0.05, 0) is 19.1 Å². The molecule has 16 heavy (non-hydrogen) atoms. The second kappa shape index (κ2) is 4.43. The fraction of sp³-hybridized carbons (Fsp3) is 0.400. The molecule has 1 atom stereocenters. The van der Waals surface area contributed by atoms with E-state index >= 15 is 0 Å². The Morgan fingerprint density at radius 2 is 2.38 bits per heavy atom. The summed E-state index contributed by atoms with van der Waals surface area (Å²) in [5.74, 6) is -0.235. The Bertz CT molecular complexity index is 432. The monoisotopic (exact) mass is 258 g/mol. The van der Waals surface area contributed by atoms with Crippen molar-refractivity contribution in [1.29, 1.82) is 0 Å². The topological polar surface area (TPSA) is 49.4 Å². The van der Waals surface area contributed by atoms with Crippen LogP contribution in [-0.2, 0) is 4.79 Å². The molecule has 1 aliphatic rings. The zero-order chi connectivity index (χ0) is 11.7. The summed E-state index contributed by atoms with van der Waals surface area (Å²) < 4.78 is 0.581. The van der Waals surface area contributed by atoms with Crippen LogP contribution in [0.3, 0.4) is 0 Å². The molecule has 1 aliphatic heterocycles. The van der Waals surface area contributed by atoms with E-state index in [1.807, 2.05) is 0 Å². The van der Waals surface area contributed by atoms with Crippen LogP contribution in [0.15, 0.2) is 12.1 Å². The van der Waals surface area contributed by atoms with Gasteiger partial charge >= 0.3 is 0 Å². The first-order chi connectivity index (χ1) is 7.59. The van der Waals surface area contributed by atoms with Gasteiger partial charge in [0, 0.05) is 13.1 Å². The van der Waals surface area contributed by atoms with E-state index in [1.165, 1.54) is 11.3 Å². The molecule has 2 rings (SSSR count). The summed E-state index contributed by atoms with van der Waals surface area (Å²) in [5.41, 5.74) is 0. The number of nitrogens with one attached hydrogen (secondary N) is 1. The van der Waals surface area contributed by atoms with Crippen molar-refractivity contribution < 1.29 is 9.59 Å². The van der Waals surface area contributed by atoms with E-state index in [9.17, 15) is 9.59 Å². The highest BCUT2D eigenvalue weighted by Crippen LogP contribution is 2.23. The van der Waals surface area contributed by atoms with Gasteiger partial charge in [0.05, 0.1) is 9.21 Å². The molecule has 0 bridgehead atoms. The van der Waals surface area contributed by atoms with E-state index in [1.54, 1.807) is 24.0 Å². The normalized spacial score (nSPS) is 20.8. The summed E-state index contributed by atoms with van der Waals surface area (Å²) in [5, 5.41) is 2.72. The predicted octanol–water partition coefficient (Wildman–Crippen LogP) is 1.36. The van der Waals surface area contributed by atoms with Gasteiger partial charge in [0.15, 0.2) is 0 Å². The van der Waals surface area contributed by atoms with Gasteiger partial charge in [-0.3, -0.25) is 9.59 Å². The van der Waals surface area contributed by atoms with Crippen LogP contribution in [0.1, 0.15) is 16.6 Å². The molecule has 1 saturated heterocycles. The lowest BCUT2D eigenvalue weighted by molar-refractivity contribution is -0.127. The average molecular weight is 259 g/mol. The van der Waals surface area contributed by atoms with Gasteiger partial charge in [-0.2, -0.15) is 0 Å². The third-order valence-electron chi connectivity index (χ3n) is 2.54. The molecule has 4 nitrogen and oxygen atoms in total. The lowest BCUT2D eigenvalue weighted by Gasteiger charge is -2.32. The molecule has 1 N–H and O–H groups in total. The number of hydrogen-bond acceptors (Lipinski definition) is 3. The maximum atomic E-state index is 12.1. The van der Waals surface area contributed by atoms with Crippen molar-refractivity contribution in [1.82, 2.24) is 10.2 Å². The van der Waals surface area contributed by atoms with Crippen LogP contribution in [0.25, 0.3) is 0 Å². The first-order valence-corrected chi connectivity index (χ1v) is 6.13. The molecular weight excluding hydrogens is 248 g/mol. The van der Waals surface area contributed by atoms with Crippen LogP contribution in [0.5, 0.6) is 0 Å². The molecule has 86 valence electrons. The summed E-state index contributed by atoms with van der Waals surface area (Å²) in [6.07, 6.45) is 0. The zero-order valence-electron chi connectivity index (χ0n) is 8.70. The molecule has 0 saturated carbocycles. The number of hydrogen-bond donors (Lipinski definition) is 1. The minimum atomic E-state index is -0.415. The highest BCUT2D eigenvalue weighted by Gasteiger charge is 2.30. The fourth-order valence-corrected chi connectivity index (χ4v) is 2.63. The van der Waals surface area contributed by atoms with Crippen LogP contribution in [0.4, 0.5) is 0 Å². The number of carbonyl (C=O) groups is 2. The number of piperazine rings is 1. The van der Waals surface area contributed by atoms with Gasteiger partial charge in [0.2, 0.25) is 5.91 Å². The maximum Gasteiger partial charge on any atom is 0.264 e. The molecule has 2 amide bonds. The molecule has 0 aliphatic carbocycles. The van der Waals surface area contributed by atoms with Crippen molar-refractivity contribution in [2.24, 2.45) is 0 Å². The van der Waals surface area contributed by atoms with E-state index in [-0.39, 0.29) is 11.8 Å². The van der Waals surface area contributed by atoms with Gasteiger partial charge in [-0.25, -0.2) is 0 Å². The lowest BCUT2D eigenvalue weighted by Crippen LogP contribution is -2.55. The van der Waals surface area contributed by atoms with E-state index in [0.717, 1.165) is 0 Å². The second-order valence-corrected chi connectivity index (χ2v) is 5.28.